The van der Waals surface area contributed by atoms with E-state index in [1.165, 1.54) is 50.7 Å². The Hall–Kier alpha value is -4.18. The fraction of sp³-hybridized carbons (Fsp3) is 0.615. The zero-order chi connectivity index (χ0) is 55.3. The lowest BCUT2D eigenvalue weighted by Crippen LogP contribution is -2.36. The SMILES string of the molecule is CCCCCCCC/C=C\C/C=C\C/C=C\CCCC(=O)O[C@H](COC(=O)CCC[C@@H](O)[C@H](O)/C=C/C=C/C=C\C=C\[C@H](O)CCCCC)COP(=O)(O)OP(=O)(O)OC[C@H]1O[C@@H](n2ccc(N)nc2=O)[C@H](O)[C@@H]1O. The highest BCUT2D eigenvalue weighted by Crippen LogP contribution is 2.60. The highest BCUT2D eigenvalue weighted by atomic mass is 31.3. The van der Waals surface area contributed by atoms with Crippen LogP contribution in [0.1, 0.15) is 142 Å². The van der Waals surface area contributed by atoms with E-state index < -0.39 is 102 Å². The molecule has 2 unspecified atom stereocenters. The minimum atomic E-state index is -5.52. The highest BCUT2D eigenvalue weighted by Gasteiger charge is 2.46. The monoisotopic (exact) mass is 1100 g/mol. The minimum absolute atomic E-state index is 0.0000280. The second-order valence-electron chi connectivity index (χ2n) is 17.9. The molecule has 0 spiro atoms. The number of esters is 2. The van der Waals surface area contributed by atoms with Crippen molar-refractivity contribution in [2.24, 2.45) is 0 Å². The number of hydrogen-bond donors (Lipinski definition) is 8. The van der Waals surface area contributed by atoms with Crippen LogP contribution in [-0.2, 0) is 46.3 Å². The zero-order valence-electron chi connectivity index (χ0n) is 43.4. The lowest BCUT2D eigenvalue weighted by atomic mass is 10.1. The largest absolute Gasteiger partial charge is 0.481 e. The summed E-state index contributed by atoms with van der Waals surface area (Å²) in [6.07, 6.45) is 30.3. The topological polar surface area (TPSA) is 326 Å². The summed E-state index contributed by atoms with van der Waals surface area (Å²) in [7, 11) is -11.0. The molecule has 2 rings (SSSR count). The molecule has 0 bridgehead atoms. The van der Waals surface area contributed by atoms with E-state index in [0.29, 0.717) is 25.7 Å². The molecule has 23 heteroatoms. The van der Waals surface area contributed by atoms with Crippen molar-refractivity contribution >= 4 is 33.4 Å². The van der Waals surface area contributed by atoms with E-state index in [4.69, 9.17) is 29.0 Å². The van der Waals surface area contributed by atoms with Crippen LogP contribution in [-0.4, -0.2) is 119 Å². The van der Waals surface area contributed by atoms with E-state index >= 15 is 0 Å². The molecular formula is C52H83N3O18P2. The maximum Gasteiger partial charge on any atom is 0.481 e. The molecule has 21 nitrogen and oxygen atoms in total. The van der Waals surface area contributed by atoms with Crippen LogP contribution in [0.4, 0.5) is 5.82 Å². The lowest BCUT2D eigenvalue weighted by molar-refractivity contribution is -0.161. The average Bonchev–Trinajstić information content (AvgIpc) is 3.64. The number of aromatic nitrogens is 2. The van der Waals surface area contributed by atoms with Crippen LogP contribution in [0.3, 0.4) is 0 Å². The molecule has 1 saturated heterocycles. The summed E-state index contributed by atoms with van der Waals surface area (Å²) in [5.74, 6) is -1.72. The number of unbranched alkanes of at least 4 members (excludes halogenated alkanes) is 9. The third-order valence-electron chi connectivity index (χ3n) is 11.3. The molecule has 0 aromatic carbocycles. The number of nitrogens with two attached hydrogens (primary N) is 1. The second-order valence-corrected chi connectivity index (χ2v) is 20.9. The molecular weight excluding hydrogens is 1020 g/mol. The molecule has 1 aromatic rings. The number of aliphatic hydroxyl groups excluding tert-OH is 5. The second kappa shape index (κ2) is 39.2. The standard InChI is InChI=1S/C52H83N3O18P2/c1-3-5-7-8-9-10-11-12-13-14-15-16-17-18-19-24-28-34-48(60)71-42(38-68-47(59)35-29-33-44(58)43(57)32-27-23-21-20-22-26-31-41(56)30-25-6-4-2)39-69-74(64,65)73-75(66,67)70-40-45-49(61)50(62)51(72-45)55-37-36-46(53)54-52(55)63/h12-13,15-16,18-23,26-27,31-32,36-37,41-45,49-51,56-58,61-62H,3-11,14,17,24-25,28-30,33-35,38-40H2,1-2H3,(H,64,65)(H,66,67)(H2,53,54,63)/b13-12-,16-15-,19-18-,22-20-,23-21+,31-26+,32-27+/t41-,42-,43-,44-,45-,49-,50-,51-/m1/s1. The molecule has 0 aliphatic carbocycles. The van der Waals surface area contributed by atoms with Crippen molar-refractivity contribution in [2.45, 2.75) is 185 Å². The molecule has 0 saturated carbocycles. The predicted octanol–water partition coefficient (Wildman–Crippen LogP) is 7.58. The van der Waals surface area contributed by atoms with Crippen LogP contribution >= 0.6 is 15.6 Å². The summed E-state index contributed by atoms with van der Waals surface area (Å²) in [4.78, 5) is 61.9. The van der Waals surface area contributed by atoms with Crippen LogP contribution in [0.2, 0.25) is 0 Å². The van der Waals surface area contributed by atoms with Gasteiger partial charge in [0.25, 0.3) is 0 Å². The van der Waals surface area contributed by atoms with Crippen LogP contribution in [0.5, 0.6) is 0 Å². The van der Waals surface area contributed by atoms with E-state index in [1.807, 2.05) is 18.2 Å². The average molecular weight is 1100 g/mol. The van der Waals surface area contributed by atoms with Crippen molar-refractivity contribution in [1.29, 1.82) is 0 Å². The Labute approximate surface area is 441 Å². The number of ether oxygens (including phenoxy) is 3. The number of hydrogen-bond acceptors (Lipinski definition) is 18. The van der Waals surface area contributed by atoms with Crippen molar-refractivity contribution in [3.8, 4) is 0 Å². The van der Waals surface area contributed by atoms with Crippen LogP contribution in [0.15, 0.2) is 102 Å². The third kappa shape index (κ3) is 31.6. The Bertz CT molecular complexity index is 2140. The van der Waals surface area contributed by atoms with Gasteiger partial charge in [-0.1, -0.05) is 150 Å². The molecule has 1 aromatic heterocycles. The number of phosphoric ester groups is 2. The van der Waals surface area contributed by atoms with Crippen molar-refractivity contribution in [2.75, 3.05) is 25.6 Å². The highest BCUT2D eigenvalue weighted by molar-refractivity contribution is 7.61. The van der Waals surface area contributed by atoms with Gasteiger partial charge in [0.05, 0.1) is 31.5 Å². The third-order valence-corrected chi connectivity index (χ3v) is 13.9. The van der Waals surface area contributed by atoms with Gasteiger partial charge in [0, 0.05) is 19.0 Å². The molecule has 75 heavy (non-hydrogen) atoms. The summed E-state index contributed by atoms with van der Waals surface area (Å²) >= 11 is 0. The lowest BCUT2D eigenvalue weighted by Gasteiger charge is -2.21. The number of phosphoric acid groups is 2. The quantitative estimate of drug-likeness (QED) is 0.0103. The van der Waals surface area contributed by atoms with Crippen molar-refractivity contribution in [3.05, 3.63) is 108 Å². The summed E-state index contributed by atoms with van der Waals surface area (Å²) in [5, 5.41) is 51.6. The Morgan fingerprint density at radius 1 is 0.733 bits per heavy atom. The number of allylic oxidation sites excluding steroid dienone is 12. The minimum Gasteiger partial charge on any atom is -0.462 e. The van der Waals surface area contributed by atoms with Gasteiger partial charge in [-0.05, 0) is 63.9 Å². The number of nitrogen functional groups attached to an aromatic ring is 1. The Morgan fingerprint density at radius 2 is 1.32 bits per heavy atom. The number of anilines is 1. The van der Waals surface area contributed by atoms with Crippen molar-refractivity contribution in [3.63, 3.8) is 0 Å². The first kappa shape index (κ1) is 66.9. The van der Waals surface area contributed by atoms with E-state index in [0.717, 1.165) is 42.9 Å². The first-order valence-corrected chi connectivity index (χ1v) is 28.9. The van der Waals surface area contributed by atoms with Gasteiger partial charge in [-0.25, -0.2) is 13.9 Å². The molecule has 424 valence electrons. The smallest absolute Gasteiger partial charge is 0.462 e. The van der Waals surface area contributed by atoms with E-state index in [1.54, 1.807) is 42.5 Å². The number of nitrogens with zero attached hydrogens (tertiary/aromatic N) is 2. The number of carbonyl (C=O) groups excluding carboxylic acids is 2. The fourth-order valence-electron chi connectivity index (χ4n) is 7.12. The molecule has 1 aliphatic rings. The predicted molar refractivity (Wildman–Crippen MR) is 283 cm³/mol. The molecule has 1 aliphatic heterocycles. The molecule has 0 radical (unpaired) electrons. The summed E-state index contributed by atoms with van der Waals surface area (Å²) in [6, 6.07) is 1.22. The van der Waals surface area contributed by atoms with Gasteiger partial charge in [-0.15, -0.1) is 0 Å². The van der Waals surface area contributed by atoms with Crippen molar-refractivity contribution < 1.29 is 81.6 Å². The Morgan fingerprint density at radius 3 is 2.00 bits per heavy atom. The maximum atomic E-state index is 12.9. The Kier molecular flexibility index (Phi) is 35.0. The van der Waals surface area contributed by atoms with Gasteiger partial charge >= 0.3 is 33.3 Å². The maximum absolute atomic E-state index is 12.9. The molecule has 10 atom stereocenters. The van der Waals surface area contributed by atoms with E-state index in [2.05, 4.69) is 41.4 Å². The van der Waals surface area contributed by atoms with Gasteiger partial charge in [0.1, 0.15) is 30.7 Å². The number of rotatable bonds is 41. The summed E-state index contributed by atoms with van der Waals surface area (Å²) in [5.41, 5.74) is 4.55. The van der Waals surface area contributed by atoms with Crippen molar-refractivity contribution in [1.82, 2.24) is 9.55 Å². The summed E-state index contributed by atoms with van der Waals surface area (Å²) in [6.45, 7) is 1.65. The van der Waals surface area contributed by atoms with E-state index in [9.17, 15) is 58.8 Å². The van der Waals surface area contributed by atoms with Gasteiger partial charge in [-0.3, -0.25) is 23.2 Å². The number of aliphatic hydroxyl groups is 5. The fourth-order valence-corrected chi connectivity index (χ4v) is 9.23. The van der Waals surface area contributed by atoms with Gasteiger partial charge in [0.2, 0.25) is 0 Å². The molecule has 1 fully saturated rings. The van der Waals surface area contributed by atoms with Crippen LogP contribution < -0.4 is 11.4 Å². The normalized spacial score (nSPS) is 20.8. The van der Waals surface area contributed by atoms with Gasteiger partial charge in [-0.2, -0.15) is 9.29 Å². The zero-order valence-corrected chi connectivity index (χ0v) is 45.2. The van der Waals surface area contributed by atoms with Gasteiger partial charge in [0.15, 0.2) is 12.3 Å². The molecule has 9 N–H and O–H groups in total. The Balaban J connectivity index is 1.91. The van der Waals surface area contributed by atoms with Gasteiger partial charge < -0.3 is 55.3 Å². The molecule has 2 heterocycles. The first-order chi connectivity index (χ1) is 35.9. The first-order valence-electron chi connectivity index (χ1n) is 25.9. The summed E-state index contributed by atoms with van der Waals surface area (Å²) < 4.78 is 56.4. The van der Waals surface area contributed by atoms with Crippen LogP contribution in [0.25, 0.3) is 0 Å². The molecule has 0 amide bonds. The van der Waals surface area contributed by atoms with E-state index in [-0.39, 0.29) is 31.5 Å². The van der Waals surface area contributed by atoms with Crippen LogP contribution in [0, 0.1) is 0 Å². The number of carbonyl (C=O) groups is 2.